The van der Waals surface area contributed by atoms with E-state index >= 15 is 0 Å². The van der Waals surface area contributed by atoms with E-state index in [0.717, 1.165) is 25.3 Å². The Morgan fingerprint density at radius 3 is 3.10 bits per heavy atom. The fourth-order valence-corrected chi connectivity index (χ4v) is 3.49. The van der Waals surface area contributed by atoms with Gasteiger partial charge in [-0.15, -0.1) is 0 Å². The van der Waals surface area contributed by atoms with Gasteiger partial charge in [0.05, 0.1) is 16.9 Å². The van der Waals surface area contributed by atoms with E-state index in [-0.39, 0.29) is 0 Å². The first-order valence-electron chi connectivity index (χ1n) is 7.12. The standard InChI is InChI=1S/C14H18N4O2/c15-10-6-13-11(16-14(19)20-13)7-12(10)18-5-4-17-3-1-2-9(17)8-18/h6-7,9H,1-5,8,15H2,(H,16,19). The molecule has 2 fully saturated rings. The molecule has 2 aliphatic heterocycles. The lowest BCUT2D eigenvalue weighted by Crippen LogP contribution is -2.50. The molecule has 0 amide bonds. The van der Waals surface area contributed by atoms with Crippen LogP contribution in [0.15, 0.2) is 21.3 Å². The molecule has 20 heavy (non-hydrogen) atoms. The molecule has 1 unspecified atom stereocenters. The molecule has 0 radical (unpaired) electrons. The van der Waals surface area contributed by atoms with Crippen molar-refractivity contribution in [2.75, 3.05) is 36.8 Å². The smallest absolute Gasteiger partial charge is 0.408 e. The van der Waals surface area contributed by atoms with Gasteiger partial charge in [-0.05, 0) is 25.5 Å². The van der Waals surface area contributed by atoms with Gasteiger partial charge >= 0.3 is 5.76 Å². The largest absolute Gasteiger partial charge is 0.417 e. The van der Waals surface area contributed by atoms with Gasteiger partial charge in [0.25, 0.3) is 0 Å². The average molecular weight is 274 g/mol. The SMILES string of the molecule is Nc1cc2oc(=O)[nH]c2cc1N1CCN2CCCC2C1. The molecule has 0 aliphatic carbocycles. The van der Waals surface area contributed by atoms with E-state index in [1.165, 1.54) is 19.4 Å². The minimum Gasteiger partial charge on any atom is -0.408 e. The first-order chi connectivity index (χ1) is 9.70. The Bertz CT molecular complexity index is 705. The zero-order valence-electron chi connectivity index (χ0n) is 11.3. The molecular formula is C14H18N4O2. The minimum absolute atomic E-state index is 0.433. The van der Waals surface area contributed by atoms with E-state index < -0.39 is 5.76 Å². The number of aromatic amines is 1. The van der Waals surface area contributed by atoms with Gasteiger partial charge in [0.1, 0.15) is 0 Å². The van der Waals surface area contributed by atoms with Crippen LogP contribution in [0.3, 0.4) is 0 Å². The van der Waals surface area contributed by atoms with Crippen molar-refractivity contribution in [3.8, 4) is 0 Å². The number of hydrogen-bond donors (Lipinski definition) is 2. The molecule has 6 nitrogen and oxygen atoms in total. The Balaban J connectivity index is 1.70. The number of fused-ring (bicyclic) bond motifs is 2. The number of piperazine rings is 1. The molecule has 3 N–H and O–H groups in total. The zero-order chi connectivity index (χ0) is 13.7. The number of rotatable bonds is 1. The van der Waals surface area contributed by atoms with Crippen molar-refractivity contribution in [2.24, 2.45) is 0 Å². The molecule has 3 heterocycles. The molecule has 2 aliphatic rings. The van der Waals surface area contributed by atoms with Crippen LogP contribution >= 0.6 is 0 Å². The van der Waals surface area contributed by atoms with Crippen LogP contribution in [0, 0.1) is 0 Å². The van der Waals surface area contributed by atoms with Gasteiger partial charge in [-0.1, -0.05) is 0 Å². The second-order valence-corrected chi connectivity index (χ2v) is 5.70. The maximum atomic E-state index is 11.3. The molecule has 2 aromatic rings. The van der Waals surface area contributed by atoms with Crippen LogP contribution in [0.2, 0.25) is 0 Å². The highest BCUT2D eigenvalue weighted by molar-refractivity contribution is 5.85. The molecule has 0 bridgehead atoms. The van der Waals surface area contributed by atoms with E-state index in [9.17, 15) is 4.79 Å². The molecule has 1 aromatic heterocycles. The van der Waals surface area contributed by atoms with Gasteiger partial charge in [-0.2, -0.15) is 0 Å². The van der Waals surface area contributed by atoms with Gasteiger partial charge < -0.3 is 15.1 Å². The van der Waals surface area contributed by atoms with E-state index in [4.69, 9.17) is 10.2 Å². The van der Waals surface area contributed by atoms with Crippen molar-refractivity contribution in [3.63, 3.8) is 0 Å². The fraction of sp³-hybridized carbons (Fsp3) is 0.500. The Morgan fingerprint density at radius 2 is 2.20 bits per heavy atom. The number of oxazole rings is 1. The summed E-state index contributed by atoms with van der Waals surface area (Å²) < 4.78 is 5.04. The number of nitrogens with two attached hydrogens (primary N) is 1. The predicted molar refractivity (Wildman–Crippen MR) is 78.1 cm³/mol. The summed E-state index contributed by atoms with van der Waals surface area (Å²) >= 11 is 0. The number of aromatic nitrogens is 1. The van der Waals surface area contributed by atoms with Crippen molar-refractivity contribution in [1.29, 1.82) is 0 Å². The molecule has 0 saturated carbocycles. The summed E-state index contributed by atoms with van der Waals surface area (Å²) in [5.74, 6) is -0.433. The number of hydrogen-bond acceptors (Lipinski definition) is 5. The summed E-state index contributed by atoms with van der Waals surface area (Å²) in [7, 11) is 0. The molecule has 1 aromatic carbocycles. The third-order valence-electron chi connectivity index (χ3n) is 4.50. The third kappa shape index (κ3) is 1.79. The Hall–Kier alpha value is -1.95. The molecule has 106 valence electrons. The van der Waals surface area contributed by atoms with E-state index in [2.05, 4.69) is 14.8 Å². The molecular weight excluding hydrogens is 256 g/mol. The highest BCUT2D eigenvalue weighted by atomic mass is 16.4. The number of nitrogen functional groups attached to an aromatic ring is 1. The fourth-order valence-electron chi connectivity index (χ4n) is 3.49. The number of H-pyrrole nitrogens is 1. The van der Waals surface area contributed by atoms with E-state index in [1.54, 1.807) is 6.07 Å². The molecule has 6 heteroatoms. The minimum atomic E-state index is -0.433. The first kappa shape index (κ1) is 11.8. The maximum Gasteiger partial charge on any atom is 0.417 e. The topological polar surface area (TPSA) is 78.5 Å². The second-order valence-electron chi connectivity index (χ2n) is 5.70. The van der Waals surface area contributed by atoms with Crippen LogP contribution in [-0.2, 0) is 0 Å². The van der Waals surface area contributed by atoms with Crippen LogP contribution in [0.5, 0.6) is 0 Å². The van der Waals surface area contributed by atoms with Gasteiger partial charge in [0.15, 0.2) is 5.58 Å². The van der Waals surface area contributed by atoms with Crippen molar-refractivity contribution in [3.05, 3.63) is 22.7 Å². The zero-order valence-corrected chi connectivity index (χ0v) is 11.3. The number of benzene rings is 1. The van der Waals surface area contributed by atoms with Crippen molar-refractivity contribution < 1.29 is 4.42 Å². The number of anilines is 2. The summed E-state index contributed by atoms with van der Waals surface area (Å²) in [4.78, 5) is 18.8. The maximum absolute atomic E-state index is 11.3. The van der Waals surface area contributed by atoms with Crippen LogP contribution in [-0.4, -0.2) is 42.1 Å². The van der Waals surface area contributed by atoms with Gasteiger partial charge in [0.2, 0.25) is 0 Å². The van der Waals surface area contributed by atoms with Crippen molar-refractivity contribution >= 4 is 22.5 Å². The number of nitrogens with one attached hydrogen (secondary N) is 1. The normalized spacial score (nSPS) is 23.4. The Kier molecular flexibility index (Phi) is 2.53. The predicted octanol–water partition coefficient (Wildman–Crippen LogP) is 0.988. The summed E-state index contributed by atoms with van der Waals surface area (Å²) in [6.07, 6.45) is 2.56. The molecule has 1 atom stereocenters. The van der Waals surface area contributed by atoms with E-state index in [0.29, 0.717) is 22.8 Å². The lowest BCUT2D eigenvalue weighted by Gasteiger charge is -2.39. The highest BCUT2D eigenvalue weighted by Crippen LogP contribution is 2.31. The third-order valence-corrected chi connectivity index (χ3v) is 4.50. The van der Waals surface area contributed by atoms with Crippen molar-refractivity contribution in [2.45, 2.75) is 18.9 Å². The van der Waals surface area contributed by atoms with Crippen LogP contribution < -0.4 is 16.4 Å². The summed E-state index contributed by atoms with van der Waals surface area (Å²) in [6, 6.07) is 4.31. The van der Waals surface area contributed by atoms with Crippen LogP contribution in [0.25, 0.3) is 11.1 Å². The molecule has 2 saturated heterocycles. The molecule has 4 rings (SSSR count). The van der Waals surface area contributed by atoms with Crippen LogP contribution in [0.4, 0.5) is 11.4 Å². The number of nitrogens with zero attached hydrogens (tertiary/aromatic N) is 2. The molecule has 0 spiro atoms. The summed E-state index contributed by atoms with van der Waals surface area (Å²) in [5, 5.41) is 0. The van der Waals surface area contributed by atoms with E-state index in [1.807, 2.05) is 6.07 Å². The average Bonchev–Trinajstić information content (AvgIpc) is 3.01. The lowest BCUT2D eigenvalue weighted by atomic mass is 10.1. The summed E-state index contributed by atoms with van der Waals surface area (Å²) in [5.41, 5.74) is 9.05. The van der Waals surface area contributed by atoms with Gasteiger partial charge in [0, 0.05) is 31.7 Å². The Labute approximate surface area is 116 Å². The highest BCUT2D eigenvalue weighted by Gasteiger charge is 2.31. The van der Waals surface area contributed by atoms with Gasteiger partial charge in [-0.3, -0.25) is 9.88 Å². The monoisotopic (exact) mass is 274 g/mol. The second kappa shape index (κ2) is 4.28. The first-order valence-corrected chi connectivity index (χ1v) is 7.12. The van der Waals surface area contributed by atoms with Crippen LogP contribution in [0.1, 0.15) is 12.8 Å². The summed E-state index contributed by atoms with van der Waals surface area (Å²) in [6.45, 7) is 4.30. The Morgan fingerprint density at radius 1 is 1.30 bits per heavy atom. The quantitative estimate of drug-likeness (QED) is 0.758. The van der Waals surface area contributed by atoms with Gasteiger partial charge in [-0.25, -0.2) is 4.79 Å². The lowest BCUT2D eigenvalue weighted by molar-refractivity contribution is 0.231. The van der Waals surface area contributed by atoms with Crippen molar-refractivity contribution in [1.82, 2.24) is 9.88 Å².